The lowest BCUT2D eigenvalue weighted by Gasteiger charge is -2.02. The van der Waals surface area contributed by atoms with Gasteiger partial charge in [0.05, 0.1) is 18.7 Å². The van der Waals surface area contributed by atoms with Gasteiger partial charge >= 0.3 is 0 Å². The first-order chi connectivity index (χ1) is 12.0. The van der Waals surface area contributed by atoms with Crippen molar-refractivity contribution >= 4 is 0 Å². The highest BCUT2D eigenvalue weighted by Gasteiger charge is 2.08. The van der Waals surface area contributed by atoms with Crippen LogP contribution in [0.5, 0.6) is 0 Å². The van der Waals surface area contributed by atoms with Crippen LogP contribution in [0.2, 0.25) is 0 Å². The zero-order chi connectivity index (χ0) is 18.2. The van der Waals surface area contributed by atoms with Crippen molar-refractivity contribution < 1.29 is 0 Å². The second-order valence-electron chi connectivity index (χ2n) is 6.04. The maximum atomic E-state index is 8.77. The van der Waals surface area contributed by atoms with E-state index in [0.29, 0.717) is 6.42 Å². The van der Waals surface area contributed by atoms with Gasteiger partial charge in [0.15, 0.2) is 5.82 Å². The van der Waals surface area contributed by atoms with Crippen LogP contribution in [0.1, 0.15) is 11.1 Å². The molecule has 0 amide bonds. The molecule has 0 bridgehead atoms. The smallest absolute Gasteiger partial charge is 0.177 e. The second-order valence-corrected chi connectivity index (χ2v) is 6.04. The van der Waals surface area contributed by atoms with Crippen molar-refractivity contribution in [1.29, 1.82) is 5.26 Å². The van der Waals surface area contributed by atoms with Crippen LogP contribution in [0.3, 0.4) is 0 Å². The summed E-state index contributed by atoms with van der Waals surface area (Å²) in [5.74, 6) is 0.719. The minimum Gasteiger partial charge on any atom is -0.312 e. The molecule has 0 N–H and O–H groups in total. The Labute approximate surface area is 148 Å². The molecular weight excluding hydrogens is 312 g/mol. The maximum absolute atomic E-state index is 8.77. The summed E-state index contributed by atoms with van der Waals surface area (Å²) in [5.41, 5.74) is 3.69. The van der Waals surface area contributed by atoms with Gasteiger partial charge in [0, 0.05) is 11.8 Å². The highest BCUT2D eigenvalue weighted by Crippen LogP contribution is 2.19. The van der Waals surface area contributed by atoms with Gasteiger partial charge in [-0.15, -0.1) is 9.90 Å². The van der Waals surface area contributed by atoms with Crippen LogP contribution in [0.4, 0.5) is 0 Å². The van der Waals surface area contributed by atoms with E-state index in [0.717, 1.165) is 28.2 Å². The fraction of sp³-hybridized carbons (Fsp3) is 0.263. The molecule has 3 aromatic rings. The highest BCUT2D eigenvalue weighted by molar-refractivity contribution is 5.59. The van der Waals surface area contributed by atoms with Crippen LogP contribution in [-0.2, 0) is 6.42 Å². The largest absolute Gasteiger partial charge is 0.312 e. The minimum absolute atomic E-state index is 0.390. The third-order valence-corrected chi connectivity index (χ3v) is 3.17. The van der Waals surface area contributed by atoms with E-state index in [4.69, 9.17) is 5.26 Å². The third kappa shape index (κ3) is 5.23. The molecule has 0 atom stereocenters. The molecule has 2 heterocycles. The molecule has 6 heteroatoms. The number of hydrogen-bond acceptors (Lipinski definition) is 5. The monoisotopic (exact) mass is 334 g/mol. The van der Waals surface area contributed by atoms with Gasteiger partial charge in [-0.25, -0.2) is 4.98 Å². The van der Waals surface area contributed by atoms with Crippen LogP contribution in [0.25, 0.3) is 17.1 Å². The Bertz CT molecular complexity index is 857. The summed E-state index contributed by atoms with van der Waals surface area (Å²) in [6.07, 6.45) is 3.82. The molecule has 0 radical (unpaired) electrons. The molecule has 0 fully saturated rings. The van der Waals surface area contributed by atoms with Crippen molar-refractivity contribution in [3.8, 4) is 23.1 Å². The van der Waals surface area contributed by atoms with E-state index in [1.165, 1.54) is 4.80 Å². The predicted octanol–water partition coefficient (Wildman–Crippen LogP) is 2.88. The molecule has 0 aliphatic heterocycles. The van der Waals surface area contributed by atoms with Crippen LogP contribution in [-0.4, -0.2) is 46.0 Å². The zero-order valence-electron chi connectivity index (χ0n) is 15.0. The molecule has 128 valence electrons. The van der Waals surface area contributed by atoms with Crippen LogP contribution in [0, 0.1) is 18.3 Å². The highest BCUT2D eigenvalue weighted by atomic mass is 15.5. The molecule has 1 aromatic carbocycles. The Hall–Kier alpha value is -3.04. The Kier molecular flexibility index (Phi) is 6.38. The number of nitriles is 1. The Morgan fingerprint density at radius 3 is 2.60 bits per heavy atom. The first-order valence-corrected chi connectivity index (χ1v) is 7.92. The van der Waals surface area contributed by atoms with Gasteiger partial charge in [-0.2, -0.15) is 10.4 Å². The van der Waals surface area contributed by atoms with E-state index >= 15 is 0 Å². The van der Waals surface area contributed by atoms with Gasteiger partial charge in [-0.1, -0.05) is 24.3 Å². The van der Waals surface area contributed by atoms with Crippen molar-refractivity contribution in [2.24, 2.45) is 0 Å². The van der Waals surface area contributed by atoms with Gasteiger partial charge in [0.1, 0.15) is 5.69 Å². The first kappa shape index (κ1) is 18.3. The fourth-order valence-corrected chi connectivity index (χ4v) is 2.12. The SMILES string of the molecule is CN(C)C.Cc1cccnc1-n1ncc(-c2cccc(CC#N)c2)n1. The van der Waals surface area contributed by atoms with Crippen LogP contribution < -0.4 is 0 Å². The van der Waals surface area contributed by atoms with Crippen molar-refractivity contribution in [2.45, 2.75) is 13.3 Å². The van der Waals surface area contributed by atoms with E-state index in [2.05, 4.69) is 21.3 Å². The zero-order valence-corrected chi connectivity index (χ0v) is 15.0. The fourth-order valence-electron chi connectivity index (χ4n) is 2.12. The molecule has 0 spiro atoms. The van der Waals surface area contributed by atoms with Gasteiger partial charge < -0.3 is 4.90 Å². The Morgan fingerprint density at radius 1 is 1.16 bits per heavy atom. The van der Waals surface area contributed by atoms with E-state index < -0.39 is 0 Å². The average molecular weight is 334 g/mol. The van der Waals surface area contributed by atoms with Crippen LogP contribution in [0.15, 0.2) is 48.8 Å². The van der Waals surface area contributed by atoms with Crippen molar-refractivity contribution in [2.75, 3.05) is 21.1 Å². The molecule has 0 aliphatic rings. The molecule has 2 aromatic heterocycles. The van der Waals surface area contributed by atoms with Gasteiger partial charge in [0.2, 0.25) is 0 Å². The molecule has 6 nitrogen and oxygen atoms in total. The van der Waals surface area contributed by atoms with E-state index in [1.54, 1.807) is 12.4 Å². The Balaban J connectivity index is 0.000000511. The lowest BCUT2D eigenvalue weighted by Crippen LogP contribution is -2.03. The summed E-state index contributed by atoms with van der Waals surface area (Å²) in [6.45, 7) is 1.97. The number of pyridine rings is 1. The first-order valence-electron chi connectivity index (χ1n) is 7.92. The summed E-state index contributed by atoms with van der Waals surface area (Å²) in [4.78, 5) is 7.83. The number of benzene rings is 1. The quantitative estimate of drug-likeness (QED) is 0.736. The Morgan fingerprint density at radius 2 is 1.92 bits per heavy atom. The second kappa shape index (κ2) is 8.71. The lowest BCUT2D eigenvalue weighted by molar-refractivity contribution is 0.505. The average Bonchev–Trinajstić information content (AvgIpc) is 3.05. The topological polar surface area (TPSA) is 70.6 Å². The van der Waals surface area contributed by atoms with Gasteiger partial charge in [0.25, 0.3) is 0 Å². The van der Waals surface area contributed by atoms with E-state index in [1.807, 2.05) is 69.4 Å². The number of aryl methyl sites for hydroxylation is 1. The van der Waals surface area contributed by atoms with Gasteiger partial charge in [-0.05, 0) is 51.3 Å². The molecule has 0 aliphatic carbocycles. The summed E-state index contributed by atoms with van der Waals surface area (Å²) in [6, 6.07) is 13.8. The number of rotatable bonds is 3. The summed E-state index contributed by atoms with van der Waals surface area (Å²) in [5, 5.41) is 17.5. The molecule has 0 saturated heterocycles. The van der Waals surface area contributed by atoms with E-state index in [9.17, 15) is 0 Å². The van der Waals surface area contributed by atoms with Crippen molar-refractivity contribution in [1.82, 2.24) is 24.9 Å². The molecule has 3 rings (SSSR count). The minimum atomic E-state index is 0.390. The molecule has 0 saturated carbocycles. The lowest BCUT2D eigenvalue weighted by atomic mass is 10.1. The number of hydrogen-bond donors (Lipinski definition) is 0. The molecule has 25 heavy (non-hydrogen) atoms. The predicted molar refractivity (Wildman–Crippen MR) is 98.3 cm³/mol. The molecular formula is C19H22N6. The summed E-state index contributed by atoms with van der Waals surface area (Å²) < 4.78 is 0. The van der Waals surface area contributed by atoms with Crippen LogP contribution >= 0.6 is 0 Å². The maximum Gasteiger partial charge on any atom is 0.177 e. The number of aromatic nitrogens is 4. The summed E-state index contributed by atoms with van der Waals surface area (Å²) in [7, 11) is 6.00. The van der Waals surface area contributed by atoms with Crippen molar-refractivity contribution in [3.05, 3.63) is 59.9 Å². The van der Waals surface area contributed by atoms with E-state index in [-0.39, 0.29) is 0 Å². The molecule has 0 unspecified atom stereocenters. The standard InChI is InChI=1S/C16H13N5.C3H9N/c1-12-4-3-9-18-16(12)21-19-11-15(20-21)14-6-2-5-13(10-14)7-8-17;1-4(2)3/h2-6,9-11H,7H2,1H3;1-3H3. The normalized spacial score (nSPS) is 10.1. The van der Waals surface area contributed by atoms with Gasteiger partial charge in [-0.3, -0.25) is 0 Å². The number of nitrogens with zero attached hydrogens (tertiary/aromatic N) is 6. The third-order valence-electron chi connectivity index (χ3n) is 3.17. The van der Waals surface area contributed by atoms with Crippen molar-refractivity contribution in [3.63, 3.8) is 0 Å². The summed E-state index contributed by atoms with van der Waals surface area (Å²) >= 11 is 0.